The lowest BCUT2D eigenvalue weighted by Gasteiger charge is -2.44. The van der Waals surface area contributed by atoms with Crippen LogP contribution in [0.1, 0.15) is 215 Å². The first-order valence-electron chi connectivity index (χ1n) is 45.6. The fraction of sp³-hybridized carbons (Fsp3) is 0.305. The van der Waals surface area contributed by atoms with Crippen LogP contribution in [-0.4, -0.2) is 101 Å². The van der Waals surface area contributed by atoms with Crippen LogP contribution in [0.3, 0.4) is 0 Å². The maximum atomic E-state index is 13.8. The summed E-state index contributed by atoms with van der Waals surface area (Å²) in [6.07, 6.45) is 21.4. The summed E-state index contributed by atoms with van der Waals surface area (Å²) in [6, 6.07) is 33.6. The summed E-state index contributed by atoms with van der Waals surface area (Å²) in [7, 11) is 4.81. The van der Waals surface area contributed by atoms with Crippen molar-refractivity contribution in [3.05, 3.63) is 325 Å². The lowest BCUT2D eigenvalue weighted by Crippen LogP contribution is -2.40. The fourth-order valence-electron chi connectivity index (χ4n) is 17.6. The van der Waals surface area contributed by atoms with Crippen LogP contribution in [0, 0.1) is 37.1 Å². The third-order valence-electron chi connectivity index (χ3n) is 25.3. The number of rotatable bonds is 26. The number of aryl methyl sites for hydroxylation is 2. The number of aliphatic hydroxyl groups is 2. The molecule has 0 radical (unpaired) electrons. The van der Waals surface area contributed by atoms with Gasteiger partial charge in [0.25, 0.3) is 0 Å². The van der Waals surface area contributed by atoms with Crippen LogP contribution >= 0.6 is 155 Å². The lowest BCUT2D eigenvalue weighted by molar-refractivity contribution is -0.193. The molecule has 21 rings (SSSR count). The third-order valence-corrected chi connectivity index (χ3v) is 29.8. The number of hydrogen-bond donors (Lipinski definition) is 2. The number of carbonyl (C=O) groups is 1. The molecule has 7 aromatic heterocycles. The molecule has 0 bridgehead atoms. The molecule has 0 aliphatic heterocycles. The third kappa shape index (κ3) is 27.0. The highest BCUT2D eigenvalue weighted by molar-refractivity contribution is 9.10. The van der Waals surface area contributed by atoms with Gasteiger partial charge in [0.05, 0.1) is 123 Å². The van der Waals surface area contributed by atoms with Crippen molar-refractivity contribution in [2.24, 2.45) is 0 Å². The highest BCUT2D eigenvalue weighted by Crippen LogP contribution is 2.58. The maximum absolute atomic E-state index is 13.8. The van der Waals surface area contributed by atoms with Gasteiger partial charge in [-0.15, -0.1) is 11.6 Å². The Labute approximate surface area is 913 Å². The molecule has 0 saturated heterocycles. The van der Waals surface area contributed by atoms with Crippen molar-refractivity contribution in [3.8, 4) is 68.8 Å². The molecule has 26 nitrogen and oxygen atoms in total. The Morgan fingerprint density at radius 3 is 1.12 bits per heavy atom. The molecule has 772 valence electrons. The van der Waals surface area contributed by atoms with E-state index in [0.717, 1.165) is 129 Å². The van der Waals surface area contributed by atoms with E-state index in [1.807, 2.05) is 38.1 Å². The van der Waals surface area contributed by atoms with E-state index in [1.165, 1.54) is 48.5 Å². The Morgan fingerprint density at radius 2 is 0.757 bits per heavy atom. The number of nitrogens with zero attached hydrogens (tertiary/aromatic N) is 9. The largest absolute Gasteiger partial charge is 0.489 e. The van der Waals surface area contributed by atoms with Gasteiger partial charge in [-0.1, -0.05) is 156 Å². The van der Waals surface area contributed by atoms with Crippen LogP contribution in [0.5, 0.6) is 34.9 Å². The van der Waals surface area contributed by atoms with Crippen molar-refractivity contribution in [1.29, 1.82) is 0 Å². The van der Waals surface area contributed by atoms with Gasteiger partial charge < -0.3 is 47.7 Å². The number of carbonyl (C=O) groups excluding carboxylic acids is 7. The SMILES string of the molecule is COc1ncc(C)cc1C1CC(=O)C1.COc1ncc(C)cc1C1CC(O)(c2ccc(OCc3c(C4CC4)cnn3-c3c(Cl)cc(F)cc3Cl)cc2Cl)C1.COc1ncccc1C1CC(O)(c2ccc(OCc3c(C4CC4)cnn3-c3c(Cl)cc(F)cc3Cl)cc2Cl)C1.Fc1cc(Cl)c(-c2noc(C3CC3)c2CCl)c(Cl)c1.Fc1cc(Cl)c(-c2noc(C3CC3)c2COc2ccc(Br)c(Cl)c2)c(Cl)c1.O=C=O.O=C=O.O=C=O. The number of methoxy groups -OCH3 is 3. The molecule has 0 unspecified atom stereocenters. The minimum atomic E-state index is -1.05. The van der Waals surface area contributed by atoms with E-state index in [-0.39, 0.29) is 96.2 Å². The van der Waals surface area contributed by atoms with Crippen LogP contribution in [-0.2, 0) is 70.5 Å². The quantitative estimate of drug-likeness (QED) is 0.0375. The lowest BCUT2D eigenvalue weighted by atomic mass is 9.65. The first kappa shape index (κ1) is 113. The minimum absolute atomic E-state index is 0.116. The summed E-state index contributed by atoms with van der Waals surface area (Å²) in [5.74, 6) is 5.64. The van der Waals surface area contributed by atoms with Gasteiger partial charge in [-0.2, -0.15) is 39.0 Å². The van der Waals surface area contributed by atoms with E-state index in [4.69, 9.17) is 205 Å². The van der Waals surface area contributed by atoms with Crippen molar-refractivity contribution in [2.45, 2.75) is 182 Å². The second-order valence-corrected chi connectivity index (χ2v) is 41.1. The average molecular weight is 2330 g/mol. The molecule has 148 heavy (non-hydrogen) atoms. The number of Topliss-reactive ketones (excluding diaryl/α,β-unsaturated/α-hetero) is 1. The molecule has 43 heteroatoms. The zero-order valence-corrected chi connectivity index (χ0v) is 89.4. The minimum Gasteiger partial charge on any atom is -0.489 e. The van der Waals surface area contributed by atoms with Crippen molar-refractivity contribution < 1.29 is 98.8 Å². The van der Waals surface area contributed by atoms with Gasteiger partial charge in [0.1, 0.15) is 100 Å². The summed E-state index contributed by atoms with van der Waals surface area (Å²) >= 11 is 78.8. The predicted octanol–water partition coefficient (Wildman–Crippen LogP) is 28.7. The Balaban J connectivity index is 0.000000149. The Bertz CT molecular complexity index is 7210. The number of ketones is 1. The van der Waals surface area contributed by atoms with E-state index < -0.39 is 34.5 Å². The molecule has 0 amide bonds. The van der Waals surface area contributed by atoms with Crippen LogP contribution in [0.2, 0.25) is 55.2 Å². The normalized spacial score (nSPS) is 17.1. The van der Waals surface area contributed by atoms with E-state index in [0.29, 0.717) is 169 Å². The Kier molecular flexibility index (Phi) is 38.3. The zero-order valence-electron chi connectivity index (χ0n) is 78.7. The van der Waals surface area contributed by atoms with Gasteiger partial charge in [0.15, 0.2) is 0 Å². The number of halogens is 17. The summed E-state index contributed by atoms with van der Waals surface area (Å²) in [5, 5.41) is 42.7. The molecule has 0 spiro atoms. The maximum Gasteiger partial charge on any atom is 0.373 e. The van der Waals surface area contributed by atoms with Gasteiger partial charge in [-0.05, 0) is 251 Å². The van der Waals surface area contributed by atoms with Gasteiger partial charge in [0, 0.05) is 109 Å². The van der Waals surface area contributed by atoms with Crippen LogP contribution in [0.4, 0.5) is 17.6 Å². The first-order valence-corrected chi connectivity index (χ1v) is 51.1. The monoisotopic (exact) mass is 2320 g/mol. The molecule has 7 aromatic carbocycles. The standard InChI is InChI=1S/C30H27Cl3FN3O3.C29H25Cl3FN3O3.C19H12BrCl3FNO2.C13H9Cl3FNO.C11H13NO2.3CO2/c1-16-7-21(29(39-2)35-13-16)18-11-30(38,12-18)23-6-5-20(10-24(23)31)40-15-27-22(17-3-4-17)14-36-37(27)28-25(32)8-19(34)9-26(28)33;1-38-28-20(3-2-8-34-28)17-12-29(37,13-17)22-7-6-19(11-23(22)30)39-15-26-21(16-4-5-16)14-35-36(26)27-24(31)9-18(33)10-25(27)32;20-13-4-3-11(7-14(13)21)26-8-12-18(25-27-19(12)9-1-2-9)17-15(22)5-10(24)6-16(17)23;14-5-8-12(18-19-13(8)6-1-2-6)11-9(15)3-7(17)4-10(11)16;1-7-3-10(8-4-9(13)5-8)11(14-2)12-6-7;3*2-1-3/h5-10,13-14,17-18,38H,3-4,11-12,15H2,1-2H3;2-3,6-11,14,16-17,37H,4-5,12-13,15H2,1H3;3-7,9H,1-2,8H2;3-4,6H,1-2,5H2;3,6,8H,4-5H2,1-2H3;;;. The number of hydrogen-bond acceptors (Lipinski definition) is 24. The van der Waals surface area contributed by atoms with Crippen molar-refractivity contribution in [2.75, 3.05) is 21.3 Å². The molecule has 7 saturated carbocycles. The zero-order chi connectivity index (χ0) is 106. The molecular weight excluding hydrogens is 2240 g/mol. The van der Waals surface area contributed by atoms with Crippen LogP contribution < -0.4 is 28.4 Å². The molecule has 14 aromatic rings. The fourth-order valence-corrected chi connectivity index (χ4v) is 21.5. The molecule has 7 heterocycles. The van der Waals surface area contributed by atoms with E-state index >= 15 is 0 Å². The molecule has 0 atom stereocenters. The van der Waals surface area contributed by atoms with Gasteiger partial charge >= 0.3 is 18.5 Å². The molecule has 7 fully saturated rings. The summed E-state index contributed by atoms with van der Waals surface area (Å²) in [6.45, 7) is 4.54. The molecular formula is C105H86BrCl12F4N9O17. The van der Waals surface area contributed by atoms with Gasteiger partial charge in [-0.3, -0.25) is 4.79 Å². The number of pyridine rings is 3. The molecule has 2 N–H and O–H groups in total. The topological polar surface area (TPSA) is 342 Å². The predicted molar refractivity (Wildman–Crippen MR) is 549 cm³/mol. The van der Waals surface area contributed by atoms with E-state index in [1.54, 1.807) is 104 Å². The van der Waals surface area contributed by atoms with Crippen molar-refractivity contribution >= 4 is 179 Å². The molecule has 7 aliphatic carbocycles. The highest BCUT2D eigenvalue weighted by Gasteiger charge is 2.49. The first-order chi connectivity index (χ1) is 70.9. The van der Waals surface area contributed by atoms with Gasteiger partial charge in [0.2, 0.25) is 17.6 Å². The average Bonchev–Trinajstić information content (AvgIpc) is 1.50. The number of aromatic nitrogens is 9. The van der Waals surface area contributed by atoms with Gasteiger partial charge in [-0.25, -0.2) is 41.9 Å². The second kappa shape index (κ2) is 50.3. The Morgan fingerprint density at radius 1 is 0.412 bits per heavy atom. The number of ether oxygens (including phenoxy) is 6. The summed E-state index contributed by atoms with van der Waals surface area (Å²) in [4.78, 5) is 72.5. The van der Waals surface area contributed by atoms with Crippen LogP contribution in [0.25, 0.3) is 33.9 Å². The second-order valence-electron chi connectivity index (χ2n) is 35.5. The van der Waals surface area contributed by atoms with Crippen molar-refractivity contribution in [3.63, 3.8) is 0 Å². The van der Waals surface area contributed by atoms with E-state index in [2.05, 4.69) is 63.5 Å². The number of alkyl halides is 1. The summed E-state index contributed by atoms with van der Waals surface area (Å²) in [5.41, 5.74) is 12.3. The Hall–Kier alpha value is -11.0. The molecule has 7 aliphatic rings. The highest BCUT2D eigenvalue weighted by atomic mass is 79.9. The smallest absolute Gasteiger partial charge is 0.373 e. The van der Waals surface area contributed by atoms with Crippen molar-refractivity contribution in [1.82, 2.24) is 44.8 Å². The summed E-state index contributed by atoms with van der Waals surface area (Å²) < 4.78 is 104. The van der Waals surface area contributed by atoms with E-state index in [9.17, 15) is 32.6 Å². The number of benzene rings is 7. The van der Waals surface area contributed by atoms with Crippen LogP contribution in [0.15, 0.2) is 172 Å².